The van der Waals surface area contributed by atoms with Gasteiger partial charge in [0.1, 0.15) is 11.8 Å². The molecule has 3 heterocycles. The highest BCUT2D eigenvalue weighted by Crippen LogP contribution is 2.27. The number of sulfone groups is 1. The number of nitrogens with one attached hydrogen (secondary N) is 2. The molecule has 2 aliphatic heterocycles. The summed E-state index contributed by atoms with van der Waals surface area (Å²) in [6.45, 7) is 0.915. The third-order valence-electron chi connectivity index (χ3n) is 5.35. The van der Waals surface area contributed by atoms with Crippen LogP contribution in [0.1, 0.15) is 31.1 Å². The van der Waals surface area contributed by atoms with Crippen molar-refractivity contribution in [2.45, 2.75) is 41.5 Å². The molecule has 0 spiro atoms. The van der Waals surface area contributed by atoms with Crippen molar-refractivity contribution >= 4 is 15.7 Å². The number of rotatable bonds is 4. The zero-order chi connectivity index (χ0) is 18.9. The van der Waals surface area contributed by atoms with Gasteiger partial charge in [0.2, 0.25) is 5.91 Å². The van der Waals surface area contributed by atoms with Gasteiger partial charge in [-0.05, 0) is 43.5 Å². The molecule has 2 saturated heterocycles. The summed E-state index contributed by atoms with van der Waals surface area (Å²) in [4.78, 5) is 14.9. The summed E-state index contributed by atoms with van der Waals surface area (Å²) in [5, 5.41) is -0.436. The molecule has 2 fully saturated rings. The first-order chi connectivity index (χ1) is 13.1. The maximum atomic E-state index is 12.8. The molecule has 144 valence electrons. The average Bonchev–Trinajstić information content (AvgIpc) is 3.40. The van der Waals surface area contributed by atoms with Crippen LogP contribution in [0.25, 0.3) is 0 Å². The van der Waals surface area contributed by atoms with Crippen molar-refractivity contribution < 1.29 is 17.6 Å². The highest BCUT2D eigenvalue weighted by atomic mass is 32.2. The van der Waals surface area contributed by atoms with Gasteiger partial charge in [-0.25, -0.2) is 19.3 Å². The van der Waals surface area contributed by atoms with Gasteiger partial charge in [-0.3, -0.25) is 4.79 Å². The highest BCUT2D eigenvalue weighted by molar-refractivity contribution is 7.92. The Morgan fingerprint density at radius 2 is 1.78 bits per heavy atom. The third-order valence-corrected chi connectivity index (χ3v) is 7.63. The van der Waals surface area contributed by atoms with Crippen LogP contribution in [0.5, 0.6) is 0 Å². The van der Waals surface area contributed by atoms with Gasteiger partial charge in [-0.15, -0.1) is 0 Å². The summed E-state index contributed by atoms with van der Waals surface area (Å²) in [7, 11) is -3.35. The smallest absolute Gasteiger partial charge is 0.241 e. The molecule has 27 heavy (non-hydrogen) atoms. The van der Waals surface area contributed by atoms with Crippen molar-refractivity contribution in [3.63, 3.8) is 0 Å². The summed E-state index contributed by atoms with van der Waals surface area (Å²) in [6, 6.07) is 11.9. The molecular weight excluding hydrogens is 366 g/mol. The van der Waals surface area contributed by atoms with E-state index in [9.17, 15) is 13.2 Å². The minimum atomic E-state index is -3.35. The number of hydrogen-bond donors (Lipinski definition) is 2. The molecule has 7 nitrogen and oxygen atoms in total. The van der Waals surface area contributed by atoms with Crippen molar-refractivity contribution in [1.82, 2.24) is 15.8 Å². The molecule has 0 aliphatic carbocycles. The first-order valence-corrected chi connectivity index (χ1v) is 10.7. The number of hydrogen-bond acceptors (Lipinski definition) is 6. The van der Waals surface area contributed by atoms with E-state index in [1.54, 1.807) is 41.5 Å². The van der Waals surface area contributed by atoms with Crippen LogP contribution >= 0.6 is 0 Å². The normalized spacial score (nSPS) is 24.2. The van der Waals surface area contributed by atoms with E-state index in [4.69, 9.17) is 4.42 Å². The Morgan fingerprint density at radius 3 is 2.44 bits per heavy atom. The first-order valence-electron chi connectivity index (χ1n) is 9.18. The molecule has 1 aromatic heterocycles. The second kappa shape index (κ2) is 7.46. The van der Waals surface area contributed by atoms with Crippen LogP contribution in [-0.2, 0) is 14.6 Å². The molecule has 1 amide bonds. The lowest BCUT2D eigenvalue weighted by molar-refractivity contribution is -0.134. The summed E-state index contributed by atoms with van der Waals surface area (Å²) in [5.41, 5.74) is 6.14. The molecule has 4 rings (SSSR count). The first kappa shape index (κ1) is 18.2. The second-order valence-corrected chi connectivity index (χ2v) is 9.26. The zero-order valence-corrected chi connectivity index (χ0v) is 15.7. The monoisotopic (exact) mass is 389 g/mol. The van der Waals surface area contributed by atoms with Crippen LogP contribution in [0.3, 0.4) is 0 Å². The van der Waals surface area contributed by atoms with Crippen LogP contribution in [0, 0.1) is 0 Å². The molecule has 2 N–H and O–H groups in total. The lowest BCUT2D eigenvalue weighted by Gasteiger charge is -2.33. The van der Waals surface area contributed by atoms with Gasteiger partial charge in [0.15, 0.2) is 9.84 Å². The van der Waals surface area contributed by atoms with E-state index >= 15 is 0 Å². The van der Waals surface area contributed by atoms with E-state index in [1.807, 2.05) is 12.1 Å². The van der Waals surface area contributed by atoms with Gasteiger partial charge < -0.3 is 9.32 Å². The minimum Gasteiger partial charge on any atom is -0.468 e. The Hall–Kier alpha value is -2.16. The minimum absolute atomic E-state index is 0.00659. The van der Waals surface area contributed by atoms with Crippen molar-refractivity contribution in [1.29, 1.82) is 0 Å². The van der Waals surface area contributed by atoms with Gasteiger partial charge in [0, 0.05) is 13.1 Å². The fraction of sp³-hybridized carbons (Fsp3) is 0.421. The summed E-state index contributed by atoms with van der Waals surface area (Å²) in [5.74, 6) is 0.803. The SMILES string of the molecule is O=C(C1CC(c2ccco2)NN1)N1CCC(S(=O)(=O)c2ccccc2)CC1. The van der Waals surface area contributed by atoms with E-state index in [2.05, 4.69) is 10.9 Å². The molecule has 2 aliphatic rings. The standard InChI is InChI=1S/C19H23N3O4S/c23-19(17-13-16(20-21-17)18-7-4-12-26-18)22-10-8-15(9-11-22)27(24,25)14-5-2-1-3-6-14/h1-7,12,15-17,20-21H,8-11,13H2. The van der Waals surface area contributed by atoms with E-state index in [-0.39, 0.29) is 18.0 Å². The van der Waals surface area contributed by atoms with Crippen molar-refractivity contribution in [2.24, 2.45) is 0 Å². The van der Waals surface area contributed by atoms with Crippen molar-refractivity contribution in [3.05, 3.63) is 54.5 Å². The fourth-order valence-electron chi connectivity index (χ4n) is 3.80. The number of nitrogens with zero attached hydrogens (tertiary/aromatic N) is 1. The van der Waals surface area contributed by atoms with Gasteiger partial charge in [-0.2, -0.15) is 0 Å². The second-order valence-electron chi connectivity index (χ2n) is 7.03. The Bertz CT molecular complexity index is 875. The molecule has 8 heteroatoms. The van der Waals surface area contributed by atoms with Crippen LogP contribution in [-0.4, -0.2) is 43.6 Å². The number of amides is 1. The molecule has 2 unspecified atom stereocenters. The molecule has 0 saturated carbocycles. The Kier molecular flexibility index (Phi) is 5.03. The summed E-state index contributed by atoms with van der Waals surface area (Å²) < 4.78 is 30.9. The van der Waals surface area contributed by atoms with E-state index in [0.717, 1.165) is 5.76 Å². The Balaban J connectivity index is 1.35. The Morgan fingerprint density at radius 1 is 1.04 bits per heavy atom. The number of likely N-dealkylation sites (tertiary alicyclic amines) is 1. The largest absolute Gasteiger partial charge is 0.468 e. The number of hydrazine groups is 1. The van der Waals surface area contributed by atoms with Gasteiger partial charge in [0.05, 0.1) is 22.5 Å². The number of furan rings is 1. The van der Waals surface area contributed by atoms with Crippen molar-refractivity contribution in [3.8, 4) is 0 Å². The number of carbonyl (C=O) groups is 1. The van der Waals surface area contributed by atoms with Crippen LogP contribution < -0.4 is 10.9 Å². The number of carbonyl (C=O) groups excluding carboxylic acids is 1. The van der Waals surface area contributed by atoms with Crippen LogP contribution in [0.2, 0.25) is 0 Å². The maximum absolute atomic E-state index is 12.8. The summed E-state index contributed by atoms with van der Waals surface area (Å²) >= 11 is 0. The average molecular weight is 389 g/mol. The molecular formula is C19H23N3O4S. The molecule has 2 aromatic rings. The molecule has 1 aromatic carbocycles. The quantitative estimate of drug-likeness (QED) is 0.826. The predicted molar refractivity (Wildman–Crippen MR) is 99.4 cm³/mol. The lowest BCUT2D eigenvalue weighted by Crippen LogP contribution is -2.49. The number of benzene rings is 1. The lowest BCUT2D eigenvalue weighted by atomic mass is 10.0. The van der Waals surface area contributed by atoms with E-state index < -0.39 is 15.1 Å². The molecule has 2 atom stereocenters. The fourth-order valence-corrected chi connectivity index (χ4v) is 5.56. The number of piperidine rings is 1. The zero-order valence-electron chi connectivity index (χ0n) is 14.9. The highest BCUT2D eigenvalue weighted by Gasteiger charge is 2.37. The Labute approximate surface area is 158 Å². The van der Waals surface area contributed by atoms with E-state index in [0.29, 0.717) is 37.2 Å². The molecule has 0 radical (unpaired) electrons. The molecule has 0 bridgehead atoms. The predicted octanol–water partition coefficient (Wildman–Crippen LogP) is 1.65. The maximum Gasteiger partial charge on any atom is 0.241 e. The summed E-state index contributed by atoms with van der Waals surface area (Å²) in [6.07, 6.45) is 3.15. The van der Waals surface area contributed by atoms with Gasteiger partial charge >= 0.3 is 0 Å². The topological polar surface area (TPSA) is 91.7 Å². The van der Waals surface area contributed by atoms with Crippen LogP contribution in [0.4, 0.5) is 0 Å². The van der Waals surface area contributed by atoms with Crippen molar-refractivity contribution in [2.75, 3.05) is 13.1 Å². The van der Waals surface area contributed by atoms with Gasteiger partial charge in [0.25, 0.3) is 0 Å². The third kappa shape index (κ3) is 3.65. The van der Waals surface area contributed by atoms with E-state index in [1.165, 1.54) is 0 Å². The van der Waals surface area contributed by atoms with Crippen LogP contribution in [0.15, 0.2) is 58.0 Å². The van der Waals surface area contributed by atoms with Gasteiger partial charge in [-0.1, -0.05) is 18.2 Å².